The van der Waals surface area contributed by atoms with Gasteiger partial charge in [0.15, 0.2) is 5.96 Å². The van der Waals surface area contributed by atoms with Crippen LogP contribution in [0.2, 0.25) is 0 Å². The average molecular weight is 1430 g/mol. The quantitative estimate of drug-likeness (QED) is 0.0166. The van der Waals surface area contributed by atoms with Gasteiger partial charge in [-0.15, -0.1) is 0 Å². The number of nitrogens with zero attached hydrogens (tertiary/aromatic N) is 2. The molecule has 101 heavy (non-hydrogen) atoms. The molecule has 1 aromatic heterocycles. The van der Waals surface area contributed by atoms with Crippen LogP contribution in [0.15, 0.2) is 47.8 Å². The van der Waals surface area contributed by atoms with E-state index in [1.54, 1.807) is 58.0 Å². The Morgan fingerprint density at radius 2 is 0.980 bits per heavy atom. The molecule has 0 spiro atoms. The summed E-state index contributed by atoms with van der Waals surface area (Å²) in [4.78, 5) is 224. The molecule has 1 heterocycles. The van der Waals surface area contributed by atoms with E-state index in [1.807, 2.05) is 0 Å². The summed E-state index contributed by atoms with van der Waals surface area (Å²) in [6.07, 6.45) is -1.85. The molecule has 0 unspecified atom stereocenters. The van der Waals surface area contributed by atoms with Crippen molar-refractivity contribution in [2.24, 2.45) is 57.1 Å². The van der Waals surface area contributed by atoms with Crippen LogP contribution >= 0.6 is 0 Å². The number of hydrogen-bond acceptors (Lipinski definition) is 20. The van der Waals surface area contributed by atoms with Crippen LogP contribution in [0.25, 0.3) is 0 Å². The fraction of sp³-hybridized carbons (Fsp3) is 0.581. The number of benzene rings is 1. The summed E-state index contributed by atoms with van der Waals surface area (Å²) >= 11 is 0. The van der Waals surface area contributed by atoms with E-state index >= 15 is 0 Å². The zero-order chi connectivity index (χ0) is 76.4. The number of aliphatic imine (C=N–C) groups is 1. The fourth-order valence-corrected chi connectivity index (χ4v) is 9.59. The number of aliphatic hydroxyl groups is 1. The zero-order valence-electron chi connectivity index (χ0n) is 57.3. The standard InChI is InChI=1S/C62H98N20O19/c1-8-31(6)48(65)60(100)81-43(27-83)59(99)75-36(16-18-44(63)84)54(94)82-49(30(4)5)61(101)80-41(24-45(64)85)58(98)77-39(21-29(2)3)56(96)79-42(25-47(88)89)55(95)72-32(7)51(91)73-37(17-19-46(86)87)53(93)78-40(22-33-13-10-9-11-14-33)57(97)74-35(15-12-20-70-62(67)68)52(92)76-38(50(66)90)23-34-26-69-28-71-34/h9-11,13-14,26,28-32,35-43,48-49,83H,8,12,15-25,27,65H2,1-7H3,(H2,63,84)(H2,64,85)(H2,66,90)(H,69,71)(H,72,95)(H,73,91)(H,74,97)(H,75,99)(H,76,92)(H,77,98)(H,78,93)(H,79,96)(H,80,101)(H,81,100)(H,82,94)(H,86,87)(H,88,89)(H4,67,68,70)/t31-,32-,35-,36-,37-,38-,39-,40-,41-,42-,43-,48-,49-/m0/s1. The van der Waals surface area contributed by atoms with Gasteiger partial charge in [-0.05, 0) is 62.3 Å². The van der Waals surface area contributed by atoms with Gasteiger partial charge in [-0.3, -0.25) is 81.7 Å². The van der Waals surface area contributed by atoms with Gasteiger partial charge in [0.1, 0.15) is 66.5 Å². The van der Waals surface area contributed by atoms with E-state index < -0.39 is 224 Å². The number of carboxylic acids is 2. The number of rotatable bonds is 47. The summed E-state index contributed by atoms with van der Waals surface area (Å²) in [6.45, 7) is 9.68. The third kappa shape index (κ3) is 32.1. The van der Waals surface area contributed by atoms with Gasteiger partial charge in [-0.1, -0.05) is 78.3 Å². The molecule has 2 rings (SSSR count). The maximum atomic E-state index is 14.4. The molecule has 0 saturated heterocycles. The number of nitrogens with one attached hydrogen (secondary N) is 12. The molecule has 0 saturated carbocycles. The second-order valence-electron chi connectivity index (χ2n) is 24.8. The third-order valence-corrected chi connectivity index (χ3v) is 15.5. The van der Waals surface area contributed by atoms with Gasteiger partial charge in [0.2, 0.25) is 82.7 Å². The van der Waals surface area contributed by atoms with E-state index in [9.17, 15) is 92.0 Å². The molecule has 27 N–H and O–H groups in total. The number of aliphatic hydroxyl groups excluding tert-OH is 1. The largest absolute Gasteiger partial charge is 0.481 e. The van der Waals surface area contributed by atoms with E-state index in [1.165, 1.54) is 26.4 Å². The normalized spacial score (nSPS) is 14.9. The Balaban J connectivity index is 2.43. The second-order valence-corrected chi connectivity index (χ2v) is 24.8. The molecule has 39 heteroatoms. The maximum Gasteiger partial charge on any atom is 0.305 e. The first kappa shape index (κ1) is 86.2. The lowest BCUT2D eigenvalue weighted by atomic mass is 9.99. The lowest BCUT2D eigenvalue weighted by Gasteiger charge is -2.29. The number of nitrogens with two attached hydrogens (primary N) is 6. The zero-order valence-corrected chi connectivity index (χ0v) is 57.3. The van der Waals surface area contributed by atoms with Crippen molar-refractivity contribution in [3.8, 4) is 0 Å². The van der Waals surface area contributed by atoms with E-state index in [0.29, 0.717) is 17.7 Å². The number of carboxylic acid groups (broad SMARTS) is 2. The van der Waals surface area contributed by atoms with Crippen LogP contribution in [-0.4, -0.2) is 212 Å². The fourth-order valence-electron chi connectivity index (χ4n) is 9.59. The van der Waals surface area contributed by atoms with Crippen molar-refractivity contribution < 1.29 is 92.0 Å². The van der Waals surface area contributed by atoms with Crippen LogP contribution in [0, 0.1) is 17.8 Å². The number of amides is 14. The first-order chi connectivity index (χ1) is 47.4. The Morgan fingerprint density at radius 3 is 1.50 bits per heavy atom. The topological polar surface area (TPSA) is 663 Å². The Kier molecular flexibility index (Phi) is 37.2. The van der Waals surface area contributed by atoms with Crippen LogP contribution in [0.4, 0.5) is 0 Å². The minimum Gasteiger partial charge on any atom is -0.481 e. The van der Waals surface area contributed by atoms with E-state index in [-0.39, 0.29) is 50.5 Å². The number of aromatic amines is 1. The van der Waals surface area contributed by atoms with Crippen molar-refractivity contribution in [1.29, 1.82) is 0 Å². The van der Waals surface area contributed by atoms with Gasteiger partial charge in [0, 0.05) is 44.1 Å². The number of carbonyl (C=O) groups excluding carboxylic acids is 14. The molecule has 0 radical (unpaired) electrons. The van der Waals surface area contributed by atoms with E-state index in [4.69, 9.17) is 34.4 Å². The highest BCUT2D eigenvalue weighted by Crippen LogP contribution is 2.14. The van der Waals surface area contributed by atoms with Gasteiger partial charge in [0.05, 0.1) is 31.8 Å². The van der Waals surface area contributed by atoms with Gasteiger partial charge in [0.25, 0.3) is 0 Å². The number of hydrogen-bond donors (Lipinski definition) is 21. The molecule has 0 aliphatic heterocycles. The molecule has 39 nitrogen and oxygen atoms in total. The molecule has 14 amide bonds. The summed E-state index contributed by atoms with van der Waals surface area (Å²) in [7, 11) is 0. The highest BCUT2D eigenvalue weighted by Gasteiger charge is 2.38. The minimum absolute atomic E-state index is 0.00830. The number of imidazole rings is 1. The maximum absolute atomic E-state index is 14.4. The SMILES string of the molecule is CC[C@H](C)[C@H](N)C(=O)N[C@@H](CO)C(=O)N[C@@H](CCC(N)=O)C(=O)N[C@H](C(=O)N[C@@H](CC(N)=O)C(=O)N[C@@H](CC(C)C)C(=O)N[C@@H](CC(=O)O)C(=O)N[C@@H](C)C(=O)N[C@@H](CCC(=O)O)C(=O)N[C@@H](Cc1ccccc1)C(=O)N[C@@H](CCCN=C(N)N)C(=O)N[C@@H](Cc1cnc[nH]1)C(N)=O)C(C)C. The average Bonchev–Trinajstić information content (AvgIpc) is 1.12. The Hall–Kier alpha value is -10.9. The molecule has 560 valence electrons. The van der Waals surface area contributed by atoms with E-state index in [2.05, 4.69) is 73.4 Å². The molecule has 0 aliphatic carbocycles. The number of carbonyl (C=O) groups is 16. The van der Waals surface area contributed by atoms with Crippen LogP contribution in [0.1, 0.15) is 124 Å². The van der Waals surface area contributed by atoms with Gasteiger partial charge in [-0.2, -0.15) is 0 Å². The predicted molar refractivity (Wildman–Crippen MR) is 359 cm³/mol. The lowest BCUT2D eigenvalue weighted by Crippen LogP contribution is -2.62. The number of guanidine groups is 1. The summed E-state index contributed by atoms with van der Waals surface area (Å²) in [6, 6.07) is -11.3. The van der Waals surface area contributed by atoms with Crippen molar-refractivity contribution in [3.63, 3.8) is 0 Å². The van der Waals surface area contributed by atoms with Crippen molar-refractivity contribution in [2.75, 3.05) is 13.2 Å². The molecule has 13 atom stereocenters. The van der Waals surface area contributed by atoms with Crippen molar-refractivity contribution >= 4 is 101 Å². The molecule has 0 bridgehead atoms. The second kappa shape index (κ2) is 43.5. The number of aromatic nitrogens is 2. The first-order valence-electron chi connectivity index (χ1n) is 32.4. The van der Waals surface area contributed by atoms with Crippen molar-refractivity contribution in [2.45, 2.75) is 198 Å². The highest BCUT2D eigenvalue weighted by molar-refractivity contribution is 6.01. The monoisotopic (exact) mass is 1430 g/mol. The molecular weight excluding hydrogens is 1330 g/mol. The van der Waals surface area contributed by atoms with Crippen molar-refractivity contribution in [3.05, 3.63) is 54.1 Å². The highest BCUT2D eigenvalue weighted by atomic mass is 16.4. The summed E-state index contributed by atoms with van der Waals surface area (Å²) < 4.78 is 0. The number of primary amides is 3. The summed E-state index contributed by atoms with van der Waals surface area (Å²) in [5, 5.41) is 55.6. The van der Waals surface area contributed by atoms with Gasteiger partial charge < -0.3 is 113 Å². The van der Waals surface area contributed by atoms with Crippen molar-refractivity contribution in [1.82, 2.24) is 68.5 Å². The minimum atomic E-state index is -2.03. The Labute approximate surface area is 581 Å². The molecule has 0 fully saturated rings. The Bertz CT molecular complexity index is 3220. The molecule has 0 aliphatic rings. The number of H-pyrrole nitrogens is 1. The summed E-state index contributed by atoms with van der Waals surface area (Å²) in [5.41, 5.74) is 34.3. The molecule has 1 aromatic carbocycles. The lowest BCUT2D eigenvalue weighted by molar-refractivity contribution is -0.142. The Morgan fingerprint density at radius 1 is 0.505 bits per heavy atom. The number of aliphatic carboxylic acids is 2. The van der Waals surface area contributed by atoms with E-state index in [0.717, 1.165) is 6.92 Å². The van der Waals surface area contributed by atoms with Gasteiger partial charge >= 0.3 is 11.9 Å². The van der Waals surface area contributed by atoms with Crippen LogP contribution < -0.4 is 92.9 Å². The third-order valence-electron chi connectivity index (χ3n) is 15.5. The predicted octanol–water partition coefficient (Wildman–Crippen LogP) is -7.37. The molecular formula is C62H98N20O19. The first-order valence-corrected chi connectivity index (χ1v) is 32.4. The molecule has 2 aromatic rings. The van der Waals surface area contributed by atoms with Crippen LogP contribution in [0.5, 0.6) is 0 Å². The van der Waals surface area contributed by atoms with Gasteiger partial charge in [-0.25, -0.2) is 4.98 Å². The van der Waals surface area contributed by atoms with Crippen LogP contribution in [-0.2, 0) is 89.6 Å². The smallest absolute Gasteiger partial charge is 0.305 e. The summed E-state index contributed by atoms with van der Waals surface area (Å²) in [5.74, 6) is -20.0. The van der Waals surface area contributed by atoms with Crippen LogP contribution in [0.3, 0.4) is 0 Å².